The quantitative estimate of drug-likeness (QED) is 0.483. The van der Waals surface area contributed by atoms with E-state index in [0.717, 1.165) is 6.21 Å². The third-order valence-electron chi connectivity index (χ3n) is 1.10. The summed E-state index contributed by atoms with van der Waals surface area (Å²) in [5.74, 6) is -0.289. The third kappa shape index (κ3) is 1.25. The van der Waals surface area contributed by atoms with Crippen molar-refractivity contribution in [1.29, 1.82) is 5.41 Å². The summed E-state index contributed by atoms with van der Waals surface area (Å²) >= 11 is 0. The molecule has 1 N–H and O–H groups in total. The number of rotatable bonds is 2. The molecule has 0 bridgehead atoms. The predicted molar refractivity (Wildman–Crippen MR) is 37.4 cm³/mol. The summed E-state index contributed by atoms with van der Waals surface area (Å²) in [5, 5.41) is 6.65. The first-order chi connectivity index (χ1) is 4.84. The first kappa shape index (κ1) is 6.61. The van der Waals surface area contributed by atoms with E-state index in [1.165, 1.54) is 12.4 Å². The number of Topliss-reactive ketones (excluding diaryl/α,β-unsaturated/α-hetero) is 1. The van der Waals surface area contributed by atoms with Gasteiger partial charge in [-0.25, -0.2) is 0 Å². The number of carbonyl (C=O) groups excluding carboxylic acids is 1. The van der Waals surface area contributed by atoms with Crippen molar-refractivity contribution in [3.8, 4) is 0 Å². The van der Waals surface area contributed by atoms with E-state index < -0.39 is 0 Å². The van der Waals surface area contributed by atoms with Crippen molar-refractivity contribution >= 4 is 12.0 Å². The minimum atomic E-state index is -0.289. The van der Waals surface area contributed by atoms with Gasteiger partial charge < -0.3 is 5.41 Å². The number of nitrogens with one attached hydrogen (secondary N) is 1. The zero-order valence-corrected chi connectivity index (χ0v) is 5.24. The Morgan fingerprint density at radius 1 is 1.50 bits per heavy atom. The number of pyridine rings is 1. The van der Waals surface area contributed by atoms with Gasteiger partial charge in [0.15, 0.2) is 0 Å². The second-order valence-corrected chi connectivity index (χ2v) is 1.74. The molecule has 0 aliphatic carbocycles. The van der Waals surface area contributed by atoms with Crippen LogP contribution < -0.4 is 0 Å². The Kier molecular flexibility index (Phi) is 1.89. The fraction of sp³-hybridized carbons (Fsp3) is 0. The smallest absolute Gasteiger partial charge is 0.203 e. The van der Waals surface area contributed by atoms with Crippen LogP contribution in [0, 0.1) is 5.41 Å². The summed E-state index contributed by atoms with van der Waals surface area (Å²) in [4.78, 5) is 14.5. The molecule has 0 atom stereocenters. The molecule has 0 aromatic carbocycles. The van der Waals surface area contributed by atoms with E-state index in [1.807, 2.05) is 0 Å². The first-order valence-corrected chi connectivity index (χ1v) is 2.79. The molecule has 0 saturated carbocycles. The van der Waals surface area contributed by atoms with Gasteiger partial charge in [0.2, 0.25) is 5.78 Å². The van der Waals surface area contributed by atoms with Crippen molar-refractivity contribution in [3.63, 3.8) is 0 Å². The Morgan fingerprint density at radius 3 is 2.60 bits per heavy atom. The van der Waals surface area contributed by atoms with Crippen LogP contribution in [0.25, 0.3) is 0 Å². The highest BCUT2D eigenvalue weighted by atomic mass is 16.1. The third-order valence-corrected chi connectivity index (χ3v) is 1.10. The van der Waals surface area contributed by atoms with Gasteiger partial charge in [-0.05, 0) is 12.1 Å². The normalized spacial score (nSPS) is 8.80. The Morgan fingerprint density at radius 2 is 2.10 bits per heavy atom. The average molecular weight is 134 g/mol. The molecule has 3 nitrogen and oxygen atoms in total. The van der Waals surface area contributed by atoms with E-state index in [0.29, 0.717) is 5.56 Å². The number of carbonyl (C=O) groups is 1. The lowest BCUT2D eigenvalue weighted by Crippen LogP contribution is -1.98. The van der Waals surface area contributed by atoms with Gasteiger partial charge in [-0.3, -0.25) is 9.78 Å². The molecule has 1 aromatic heterocycles. The molecule has 0 amide bonds. The summed E-state index contributed by atoms with van der Waals surface area (Å²) in [7, 11) is 0. The van der Waals surface area contributed by atoms with Crippen LogP contribution in [0.3, 0.4) is 0 Å². The molecular formula is C7H6N2O. The minimum Gasteiger partial charge on any atom is -0.305 e. The molecule has 0 aliphatic heterocycles. The zero-order chi connectivity index (χ0) is 7.40. The molecule has 50 valence electrons. The maximum absolute atomic E-state index is 10.7. The van der Waals surface area contributed by atoms with Crippen molar-refractivity contribution in [2.24, 2.45) is 0 Å². The maximum atomic E-state index is 10.7. The second kappa shape index (κ2) is 2.87. The lowest BCUT2D eigenvalue weighted by atomic mass is 10.2. The highest BCUT2D eigenvalue weighted by Crippen LogP contribution is 1.94. The number of hydrogen-bond donors (Lipinski definition) is 1. The van der Waals surface area contributed by atoms with E-state index in [2.05, 4.69) is 4.98 Å². The highest BCUT2D eigenvalue weighted by molar-refractivity contribution is 6.34. The van der Waals surface area contributed by atoms with Crippen molar-refractivity contribution in [2.45, 2.75) is 0 Å². The molecule has 1 rings (SSSR count). The van der Waals surface area contributed by atoms with Crippen LogP contribution in [-0.4, -0.2) is 17.0 Å². The predicted octanol–water partition coefficient (Wildman–Crippen LogP) is 0.914. The molecule has 1 heterocycles. The van der Waals surface area contributed by atoms with Gasteiger partial charge in [0.05, 0.1) is 6.21 Å². The molecule has 1 aromatic rings. The Balaban J connectivity index is 2.95. The number of aromatic nitrogens is 1. The van der Waals surface area contributed by atoms with Crippen LogP contribution in [0.4, 0.5) is 0 Å². The van der Waals surface area contributed by atoms with Gasteiger partial charge >= 0.3 is 0 Å². The monoisotopic (exact) mass is 134 g/mol. The van der Waals surface area contributed by atoms with E-state index in [4.69, 9.17) is 5.41 Å². The number of ketones is 1. The van der Waals surface area contributed by atoms with E-state index in [1.54, 1.807) is 12.1 Å². The summed E-state index contributed by atoms with van der Waals surface area (Å²) in [6, 6.07) is 3.15. The van der Waals surface area contributed by atoms with Crippen LogP contribution in [0.2, 0.25) is 0 Å². The molecule has 0 aliphatic rings. The van der Waals surface area contributed by atoms with E-state index >= 15 is 0 Å². The van der Waals surface area contributed by atoms with Crippen molar-refractivity contribution in [2.75, 3.05) is 0 Å². The van der Waals surface area contributed by atoms with Crippen LogP contribution >= 0.6 is 0 Å². The average Bonchev–Trinajstić information content (AvgIpc) is 2.05. The van der Waals surface area contributed by atoms with Crippen molar-refractivity contribution in [3.05, 3.63) is 30.1 Å². The van der Waals surface area contributed by atoms with Gasteiger partial charge in [-0.1, -0.05) is 0 Å². The summed E-state index contributed by atoms with van der Waals surface area (Å²) in [5.41, 5.74) is 0.505. The summed E-state index contributed by atoms with van der Waals surface area (Å²) in [6.07, 6.45) is 3.84. The van der Waals surface area contributed by atoms with Crippen LogP contribution in [-0.2, 0) is 0 Å². The first-order valence-electron chi connectivity index (χ1n) is 2.79. The van der Waals surface area contributed by atoms with Gasteiger partial charge in [-0.15, -0.1) is 0 Å². The summed E-state index contributed by atoms with van der Waals surface area (Å²) in [6.45, 7) is 0. The number of nitrogens with zero attached hydrogens (tertiary/aromatic N) is 1. The standard InChI is InChI=1S/C7H6N2O/c8-5-7(10)6-1-3-9-4-2-6/h1-5,8H. The van der Waals surface area contributed by atoms with Gasteiger partial charge in [0, 0.05) is 18.0 Å². The van der Waals surface area contributed by atoms with Gasteiger partial charge in [0.25, 0.3) is 0 Å². The Bertz CT molecular complexity index is 243. The SMILES string of the molecule is N=CC(=O)c1ccncc1. The highest BCUT2D eigenvalue weighted by Gasteiger charge is 1.97. The lowest BCUT2D eigenvalue weighted by Gasteiger charge is -1.89. The van der Waals surface area contributed by atoms with Crippen molar-refractivity contribution in [1.82, 2.24) is 4.98 Å². The minimum absolute atomic E-state index is 0.289. The van der Waals surface area contributed by atoms with Crippen LogP contribution in [0.1, 0.15) is 10.4 Å². The Hall–Kier alpha value is -1.51. The van der Waals surface area contributed by atoms with E-state index in [9.17, 15) is 4.79 Å². The topological polar surface area (TPSA) is 53.8 Å². The molecule has 0 saturated heterocycles. The Labute approximate surface area is 58.2 Å². The molecular weight excluding hydrogens is 128 g/mol. The molecule has 10 heavy (non-hydrogen) atoms. The second-order valence-electron chi connectivity index (χ2n) is 1.74. The zero-order valence-electron chi connectivity index (χ0n) is 5.24. The number of hydrogen-bond acceptors (Lipinski definition) is 3. The largest absolute Gasteiger partial charge is 0.305 e. The molecule has 0 unspecified atom stereocenters. The molecule has 0 radical (unpaired) electrons. The van der Waals surface area contributed by atoms with Crippen molar-refractivity contribution < 1.29 is 4.79 Å². The van der Waals surface area contributed by atoms with Gasteiger partial charge in [-0.2, -0.15) is 0 Å². The maximum Gasteiger partial charge on any atom is 0.203 e. The van der Waals surface area contributed by atoms with Gasteiger partial charge in [0.1, 0.15) is 0 Å². The fourth-order valence-corrected chi connectivity index (χ4v) is 0.600. The molecule has 3 heteroatoms. The molecule has 0 fully saturated rings. The lowest BCUT2D eigenvalue weighted by molar-refractivity contribution is 0.107. The van der Waals surface area contributed by atoms with E-state index in [-0.39, 0.29) is 5.78 Å². The summed E-state index contributed by atoms with van der Waals surface area (Å²) < 4.78 is 0. The van der Waals surface area contributed by atoms with Crippen LogP contribution in [0.15, 0.2) is 24.5 Å². The fourth-order valence-electron chi connectivity index (χ4n) is 0.600. The van der Waals surface area contributed by atoms with Crippen LogP contribution in [0.5, 0.6) is 0 Å². The molecule has 0 spiro atoms.